The molecule has 0 unspecified atom stereocenters. The van der Waals surface area contributed by atoms with E-state index in [0.29, 0.717) is 0 Å². The molecule has 0 fully saturated rings. The molecule has 1 aliphatic rings. The first-order valence-corrected chi connectivity index (χ1v) is 6.12. The fourth-order valence-corrected chi connectivity index (χ4v) is 2.23. The van der Waals surface area contributed by atoms with Gasteiger partial charge in [0.15, 0.2) is 0 Å². The van der Waals surface area contributed by atoms with Gasteiger partial charge in [0.25, 0.3) is 0 Å². The fourth-order valence-electron chi connectivity index (χ4n) is 2.23. The Balaban J connectivity index is 2.11. The predicted octanol–water partition coefficient (Wildman–Crippen LogP) is 4.61. The Morgan fingerprint density at radius 1 is 0.867 bits per heavy atom. The first-order chi connectivity index (χ1) is 7.47. The molecule has 1 radical (unpaired) electrons. The van der Waals surface area contributed by atoms with Crippen molar-refractivity contribution in [2.75, 3.05) is 0 Å². The third-order valence-electron chi connectivity index (χ3n) is 3.13. The van der Waals surface area contributed by atoms with Crippen molar-refractivity contribution >= 4 is 5.57 Å². The average Bonchev–Trinajstić information content (AvgIpc) is 2.43. The van der Waals surface area contributed by atoms with Gasteiger partial charge < -0.3 is 0 Å². The lowest BCUT2D eigenvalue weighted by atomic mass is 9.99. The molecule has 1 aromatic carbocycles. The average molecular weight is 199 g/mol. The lowest BCUT2D eigenvalue weighted by Crippen LogP contribution is -1.84. The second-order valence-electron chi connectivity index (χ2n) is 4.32. The van der Waals surface area contributed by atoms with Crippen LogP contribution in [-0.2, 0) is 0 Å². The maximum atomic E-state index is 3.08. The van der Waals surface area contributed by atoms with E-state index in [1.807, 2.05) is 12.1 Å². The van der Waals surface area contributed by atoms with E-state index in [9.17, 15) is 0 Å². The van der Waals surface area contributed by atoms with Crippen LogP contribution in [0.25, 0.3) is 5.57 Å². The molecule has 2 rings (SSSR count). The largest absolute Gasteiger partial charge is 0.0807 e. The normalized spacial score (nSPS) is 18.5. The third kappa shape index (κ3) is 3.23. The third-order valence-corrected chi connectivity index (χ3v) is 3.13. The van der Waals surface area contributed by atoms with Crippen LogP contribution in [0.5, 0.6) is 0 Å². The summed E-state index contributed by atoms with van der Waals surface area (Å²) >= 11 is 0. The maximum absolute atomic E-state index is 3.08. The van der Waals surface area contributed by atoms with Crippen molar-refractivity contribution < 1.29 is 0 Å². The molecule has 0 bridgehead atoms. The summed E-state index contributed by atoms with van der Waals surface area (Å²) in [5.74, 6) is 0. The Bertz CT molecular complexity index is 308. The van der Waals surface area contributed by atoms with Crippen molar-refractivity contribution in [2.45, 2.75) is 44.9 Å². The van der Waals surface area contributed by atoms with Crippen molar-refractivity contribution in [2.24, 2.45) is 0 Å². The number of allylic oxidation sites excluding steroid dienone is 2. The summed E-state index contributed by atoms with van der Waals surface area (Å²) in [7, 11) is 0. The molecule has 15 heavy (non-hydrogen) atoms. The number of hydrogen-bond acceptors (Lipinski definition) is 0. The molecule has 0 heteroatoms. The van der Waals surface area contributed by atoms with Gasteiger partial charge in [-0.3, -0.25) is 0 Å². The zero-order valence-electron chi connectivity index (χ0n) is 9.34. The molecule has 0 heterocycles. The van der Waals surface area contributed by atoms with E-state index < -0.39 is 0 Å². The smallest absolute Gasteiger partial charge is 0.0184 e. The van der Waals surface area contributed by atoms with Crippen LogP contribution in [0.3, 0.4) is 0 Å². The summed E-state index contributed by atoms with van der Waals surface area (Å²) in [5.41, 5.74) is 2.95. The van der Waals surface area contributed by atoms with Crippen molar-refractivity contribution in [3.63, 3.8) is 0 Å². The van der Waals surface area contributed by atoms with Crippen molar-refractivity contribution in [3.05, 3.63) is 42.0 Å². The molecule has 1 aliphatic carbocycles. The Kier molecular flexibility index (Phi) is 4.01. The van der Waals surface area contributed by atoms with Crippen LogP contribution in [0.15, 0.2) is 30.3 Å². The molecular formula is C15H19. The fraction of sp³-hybridized carbons (Fsp3) is 0.467. The molecule has 0 aliphatic heterocycles. The van der Waals surface area contributed by atoms with Crippen LogP contribution >= 0.6 is 0 Å². The van der Waals surface area contributed by atoms with Gasteiger partial charge in [-0.2, -0.15) is 0 Å². The van der Waals surface area contributed by atoms with Gasteiger partial charge in [0.1, 0.15) is 0 Å². The molecule has 0 aromatic heterocycles. The van der Waals surface area contributed by atoms with Crippen molar-refractivity contribution in [3.8, 4) is 0 Å². The summed E-state index contributed by atoms with van der Waals surface area (Å²) in [6.45, 7) is 0. The van der Waals surface area contributed by atoms with E-state index >= 15 is 0 Å². The first kappa shape index (κ1) is 10.5. The summed E-state index contributed by atoms with van der Waals surface area (Å²) < 4.78 is 0. The van der Waals surface area contributed by atoms with E-state index in [1.165, 1.54) is 50.5 Å². The molecule has 79 valence electrons. The Morgan fingerprint density at radius 3 is 2.47 bits per heavy atom. The highest BCUT2D eigenvalue weighted by Crippen LogP contribution is 2.24. The van der Waals surface area contributed by atoms with E-state index in [1.54, 1.807) is 5.57 Å². The van der Waals surface area contributed by atoms with Crippen LogP contribution < -0.4 is 0 Å². The molecule has 0 saturated carbocycles. The molecule has 0 spiro atoms. The van der Waals surface area contributed by atoms with Gasteiger partial charge in [0.2, 0.25) is 0 Å². The minimum absolute atomic E-state index is 1.25. The monoisotopic (exact) mass is 199 g/mol. The predicted molar refractivity (Wildman–Crippen MR) is 65.6 cm³/mol. The number of rotatable bonds is 1. The topological polar surface area (TPSA) is 0 Å². The van der Waals surface area contributed by atoms with Crippen LogP contribution in [0.2, 0.25) is 0 Å². The number of benzene rings is 1. The lowest BCUT2D eigenvalue weighted by molar-refractivity contribution is 0.633. The summed E-state index contributed by atoms with van der Waals surface area (Å²) in [6, 6.07) is 11.5. The minimum atomic E-state index is 1.25. The van der Waals surface area contributed by atoms with Gasteiger partial charge in [-0.15, -0.1) is 0 Å². The zero-order chi connectivity index (χ0) is 10.3. The van der Waals surface area contributed by atoms with Gasteiger partial charge in [0, 0.05) is 0 Å². The zero-order valence-corrected chi connectivity index (χ0v) is 9.34. The second kappa shape index (κ2) is 5.75. The number of hydrogen-bond donors (Lipinski definition) is 0. The van der Waals surface area contributed by atoms with E-state index in [0.717, 1.165) is 0 Å². The highest BCUT2D eigenvalue weighted by Gasteiger charge is 2.03. The molecule has 1 aromatic rings. The summed E-state index contributed by atoms with van der Waals surface area (Å²) in [5, 5.41) is 0. The molecule has 0 amide bonds. The SMILES string of the molecule is [c]1ccc(C2=CCCCCCCC2)cc1. The van der Waals surface area contributed by atoms with Gasteiger partial charge in [-0.1, -0.05) is 49.6 Å². The van der Waals surface area contributed by atoms with Crippen LogP contribution in [-0.4, -0.2) is 0 Å². The van der Waals surface area contributed by atoms with Gasteiger partial charge >= 0.3 is 0 Å². The molecule has 0 atom stereocenters. The molecule has 0 N–H and O–H groups in total. The second-order valence-corrected chi connectivity index (χ2v) is 4.32. The summed E-state index contributed by atoms with van der Waals surface area (Å²) in [6.07, 6.45) is 11.9. The molecule has 0 nitrogen and oxygen atoms in total. The minimum Gasteiger partial charge on any atom is -0.0807 e. The highest BCUT2D eigenvalue weighted by atomic mass is 14.1. The van der Waals surface area contributed by atoms with Crippen LogP contribution in [0, 0.1) is 6.07 Å². The van der Waals surface area contributed by atoms with Gasteiger partial charge in [-0.25, -0.2) is 0 Å². The van der Waals surface area contributed by atoms with E-state index in [2.05, 4.69) is 24.3 Å². The quantitative estimate of drug-likeness (QED) is 0.619. The molecule has 0 saturated heterocycles. The highest BCUT2D eigenvalue weighted by molar-refractivity contribution is 5.65. The lowest BCUT2D eigenvalue weighted by Gasteiger charge is -2.06. The van der Waals surface area contributed by atoms with E-state index in [4.69, 9.17) is 0 Å². The first-order valence-electron chi connectivity index (χ1n) is 6.12. The Hall–Kier alpha value is -1.04. The van der Waals surface area contributed by atoms with Crippen LogP contribution in [0.1, 0.15) is 50.5 Å². The van der Waals surface area contributed by atoms with E-state index in [-0.39, 0.29) is 0 Å². The molecular weight excluding hydrogens is 180 g/mol. The van der Waals surface area contributed by atoms with Gasteiger partial charge in [0.05, 0.1) is 0 Å². The van der Waals surface area contributed by atoms with Crippen molar-refractivity contribution in [1.29, 1.82) is 0 Å². The van der Waals surface area contributed by atoms with Crippen molar-refractivity contribution in [1.82, 2.24) is 0 Å². The Labute approximate surface area is 93.0 Å². The standard InChI is InChI=1S/C15H19/c1-2-4-7-11-14(10-6-3-1)15-12-8-5-9-13-15/h8-10,12-13H,1-4,6-7,11H2. The summed E-state index contributed by atoms with van der Waals surface area (Å²) in [4.78, 5) is 0. The Morgan fingerprint density at radius 2 is 1.60 bits per heavy atom. The van der Waals surface area contributed by atoms with Gasteiger partial charge in [-0.05, 0) is 42.9 Å². The maximum Gasteiger partial charge on any atom is -0.0184 e. The van der Waals surface area contributed by atoms with Crippen LogP contribution in [0.4, 0.5) is 0 Å².